The van der Waals surface area contributed by atoms with E-state index in [4.69, 9.17) is 14.2 Å². The van der Waals surface area contributed by atoms with Gasteiger partial charge in [0.2, 0.25) is 0 Å². The fourth-order valence-electron chi connectivity index (χ4n) is 8.41. The van der Waals surface area contributed by atoms with Crippen molar-refractivity contribution in [3.8, 4) is 40.2 Å². The van der Waals surface area contributed by atoms with Gasteiger partial charge >= 0.3 is 0 Å². The standard InChI is InChI=1S/C48H48O9/c1-55-37-19-10-33-24-41(43(52)25-37)39(29-6-15-35(50)16-7-29)20-11-31-22-40(44(53)26-46(31)56-2)38(28-4-13-34(49)14-5-28)21-12-32-23-42(45(54)27-47(32)57-3)48(33)30-8-17-36(51)18-9-30/h4-9,13-18,22-27,38-39,48-54H,10-12,19-21H2,1-3H3/b33-24+,37-25+,43-41-. The summed E-state index contributed by atoms with van der Waals surface area (Å²) < 4.78 is 17.5. The van der Waals surface area contributed by atoms with Gasteiger partial charge in [-0.1, -0.05) is 48.0 Å². The van der Waals surface area contributed by atoms with Crippen molar-refractivity contribution >= 4 is 0 Å². The molecule has 9 nitrogen and oxygen atoms in total. The zero-order chi connectivity index (χ0) is 40.2. The van der Waals surface area contributed by atoms with Crippen molar-refractivity contribution in [2.24, 2.45) is 0 Å². The Morgan fingerprint density at radius 3 is 1.47 bits per heavy atom. The molecule has 294 valence electrons. The van der Waals surface area contributed by atoms with Crippen molar-refractivity contribution in [1.82, 2.24) is 0 Å². The van der Waals surface area contributed by atoms with Crippen molar-refractivity contribution in [2.45, 2.75) is 56.3 Å². The zero-order valence-corrected chi connectivity index (χ0v) is 32.3. The third-order valence-electron chi connectivity index (χ3n) is 11.4. The Hall–Kier alpha value is -6.48. The first-order chi connectivity index (χ1) is 27.6. The molecule has 0 saturated carbocycles. The van der Waals surface area contributed by atoms with Crippen molar-refractivity contribution in [2.75, 3.05) is 21.3 Å². The second-order valence-corrected chi connectivity index (χ2v) is 14.7. The number of rotatable bonds is 6. The average Bonchev–Trinajstić information content (AvgIpc) is 3.20. The van der Waals surface area contributed by atoms with Crippen LogP contribution in [0, 0.1) is 0 Å². The third kappa shape index (κ3) is 8.24. The van der Waals surface area contributed by atoms with Crippen LogP contribution in [-0.4, -0.2) is 52.0 Å². The molecule has 5 aromatic rings. The van der Waals surface area contributed by atoms with E-state index in [9.17, 15) is 30.6 Å². The van der Waals surface area contributed by atoms with Gasteiger partial charge in [0.25, 0.3) is 0 Å². The second kappa shape index (κ2) is 16.7. The third-order valence-corrected chi connectivity index (χ3v) is 11.4. The van der Waals surface area contributed by atoms with Gasteiger partial charge in [0.05, 0.1) is 27.1 Å². The lowest BCUT2D eigenvalue weighted by Crippen LogP contribution is -2.13. The van der Waals surface area contributed by atoms with E-state index in [0.717, 1.165) is 33.4 Å². The molecular formula is C48H48O9. The monoisotopic (exact) mass is 768 g/mol. The minimum atomic E-state index is -0.521. The van der Waals surface area contributed by atoms with Crippen molar-refractivity contribution < 1.29 is 44.8 Å². The summed E-state index contributed by atoms with van der Waals surface area (Å²) in [7, 11) is 4.73. The number of benzene rings is 5. The first kappa shape index (κ1) is 38.8. The molecule has 6 bridgehead atoms. The van der Waals surface area contributed by atoms with E-state index in [0.29, 0.717) is 72.5 Å². The van der Waals surface area contributed by atoms with Gasteiger partial charge in [-0.05, 0) is 108 Å². The number of aliphatic hydroxyl groups is 1. The Labute approximate surface area is 332 Å². The van der Waals surface area contributed by atoms with Crippen LogP contribution in [0.3, 0.4) is 0 Å². The number of hydrogen-bond acceptors (Lipinski definition) is 9. The number of methoxy groups -OCH3 is 3. The molecule has 0 aromatic heterocycles. The summed E-state index contributed by atoms with van der Waals surface area (Å²) in [6, 6.07) is 28.2. The highest BCUT2D eigenvalue weighted by Gasteiger charge is 2.30. The van der Waals surface area contributed by atoms with E-state index >= 15 is 0 Å². The predicted octanol–water partition coefficient (Wildman–Crippen LogP) is 9.92. The van der Waals surface area contributed by atoms with Gasteiger partial charge in [0.15, 0.2) is 0 Å². The van der Waals surface area contributed by atoms with Crippen LogP contribution in [0.1, 0.15) is 82.4 Å². The molecule has 5 aromatic carbocycles. The summed E-state index contributed by atoms with van der Waals surface area (Å²) in [4.78, 5) is 0. The van der Waals surface area contributed by atoms with E-state index in [1.807, 2.05) is 54.6 Å². The Bertz CT molecular complexity index is 2320. The number of aryl methyl sites for hydroxylation is 2. The Morgan fingerprint density at radius 1 is 0.474 bits per heavy atom. The van der Waals surface area contributed by atoms with Crippen molar-refractivity contribution in [3.05, 3.63) is 171 Å². The molecule has 2 aliphatic carbocycles. The molecule has 2 aliphatic rings. The molecule has 7 rings (SSSR count). The molecule has 0 radical (unpaired) electrons. The van der Waals surface area contributed by atoms with Crippen LogP contribution in [0.25, 0.3) is 0 Å². The molecule has 6 N–H and O–H groups in total. The molecule has 3 atom stereocenters. The summed E-state index contributed by atoms with van der Waals surface area (Å²) in [5.74, 6) is 0.853. The van der Waals surface area contributed by atoms with Gasteiger partial charge in [-0.3, -0.25) is 0 Å². The Kier molecular flexibility index (Phi) is 11.4. The van der Waals surface area contributed by atoms with Crippen molar-refractivity contribution in [3.63, 3.8) is 0 Å². The summed E-state index contributed by atoms with van der Waals surface area (Å²) in [5.41, 5.74) is 7.10. The molecule has 0 fully saturated rings. The lowest BCUT2D eigenvalue weighted by Gasteiger charge is -2.29. The summed E-state index contributed by atoms with van der Waals surface area (Å²) >= 11 is 0. The molecule has 0 amide bonds. The van der Waals surface area contributed by atoms with E-state index in [2.05, 4.69) is 0 Å². The number of hydrogen-bond donors (Lipinski definition) is 6. The van der Waals surface area contributed by atoms with Crippen molar-refractivity contribution in [1.29, 1.82) is 0 Å². The van der Waals surface area contributed by atoms with E-state index in [1.165, 1.54) is 0 Å². The summed E-state index contributed by atoms with van der Waals surface area (Å²) in [5, 5.41) is 66.5. The van der Waals surface area contributed by atoms with E-state index < -0.39 is 11.8 Å². The first-order valence-electron chi connectivity index (χ1n) is 19.1. The normalized spacial score (nSPS) is 21.8. The fourth-order valence-corrected chi connectivity index (χ4v) is 8.41. The highest BCUT2D eigenvalue weighted by atomic mass is 16.5. The minimum absolute atomic E-state index is 0.0256. The van der Waals surface area contributed by atoms with Gasteiger partial charge in [-0.2, -0.15) is 0 Å². The van der Waals surface area contributed by atoms with Gasteiger partial charge in [0, 0.05) is 59.1 Å². The number of allylic oxidation sites excluding steroid dienone is 5. The van der Waals surface area contributed by atoms with Crippen LogP contribution in [0.4, 0.5) is 0 Å². The topological polar surface area (TPSA) is 149 Å². The Morgan fingerprint density at radius 2 is 0.947 bits per heavy atom. The van der Waals surface area contributed by atoms with Crippen LogP contribution in [0.2, 0.25) is 0 Å². The van der Waals surface area contributed by atoms with Gasteiger partial charge < -0.3 is 44.8 Å². The van der Waals surface area contributed by atoms with Crippen LogP contribution in [0.15, 0.2) is 132 Å². The molecule has 3 unspecified atom stereocenters. The van der Waals surface area contributed by atoms with Crippen LogP contribution in [-0.2, 0) is 17.6 Å². The summed E-state index contributed by atoms with van der Waals surface area (Å²) in [6.07, 6.45) is 6.70. The molecule has 0 saturated heterocycles. The van der Waals surface area contributed by atoms with E-state index in [1.54, 1.807) is 75.9 Å². The highest BCUT2D eigenvalue weighted by Crippen LogP contribution is 2.47. The SMILES string of the molecule is CO/C1=C/C(O)=C2\C=C(/CC1)C(c1ccc(O)cc1)c1cc(c(OC)cc1O)CCC(c1ccc(O)cc1)c1cc(c(OC)cc1O)CCC2c1ccc(O)cc1. The molecule has 9 heteroatoms. The van der Waals surface area contributed by atoms with Gasteiger partial charge in [0.1, 0.15) is 46.0 Å². The van der Waals surface area contributed by atoms with Gasteiger partial charge in [-0.15, -0.1) is 0 Å². The number of phenols is 5. The smallest absolute Gasteiger partial charge is 0.125 e. The van der Waals surface area contributed by atoms with E-state index in [-0.39, 0.29) is 40.4 Å². The number of aromatic hydroxyl groups is 5. The Balaban J connectivity index is 1.53. The largest absolute Gasteiger partial charge is 0.508 e. The van der Waals surface area contributed by atoms with Gasteiger partial charge in [-0.25, -0.2) is 0 Å². The maximum absolute atomic E-state index is 12.1. The predicted molar refractivity (Wildman–Crippen MR) is 219 cm³/mol. The average molecular weight is 769 g/mol. The zero-order valence-electron chi connectivity index (χ0n) is 32.3. The molecule has 0 spiro atoms. The number of ether oxygens (including phenoxy) is 3. The lowest BCUT2D eigenvalue weighted by molar-refractivity contribution is 0.272. The minimum Gasteiger partial charge on any atom is -0.508 e. The summed E-state index contributed by atoms with van der Waals surface area (Å²) in [6.45, 7) is 0. The molecule has 0 aliphatic heterocycles. The maximum Gasteiger partial charge on any atom is 0.125 e. The molecule has 0 heterocycles. The quantitative estimate of drug-likeness (QED) is 0.0993. The van der Waals surface area contributed by atoms with Crippen LogP contribution in [0.5, 0.6) is 40.2 Å². The van der Waals surface area contributed by atoms with Crippen LogP contribution < -0.4 is 9.47 Å². The highest BCUT2D eigenvalue weighted by molar-refractivity contribution is 5.57. The second-order valence-electron chi connectivity index (χ2n) is 14.7. The number of fused-ring (bicyclic) bond motifs is 5. The maximum atomic E-state index is 12.1. The number of phenolic OH excluding ortho intramolecular Hbond substituents is 5. The first-order valence-corrected chi connectivity index (χ1v) is 19.1. The fraction of sp³-hybridized carbons (Fsp3) is 0.250. The molecular weight excluding hydrogens is 721 g/mol. The number of aliphatic hydroxyl groups excluding tert-OH is 1. The lowest BCUT2D eigenvalue weighted by atomic mass is 9.76. The van der Waals surface area contributed by atoms with Crippen LogP contribution >= 0.6 is 0 Å². The molecule has 57 heavy (non-hydrogen) atoms.